The molecule has 1 aliphatic rings. The molecule has 2 aromatic heterocycles. The van der Waals surface area contributed by atoms with E-state index >= 15 is 0 Å². The summed E-state index contributed by atoms with van der Waals surface area (Å²) < 4.78 is 51.5. The molecule has 10 heteroatoms. The Bertz CT molecular complexity index is 1230. The second-order valence-electron chi connectivity index (χ2n) is 7.01. The molecule has 0 saturated carbocycles. The number of imidazole rings is 1. The second kappa shape index (κ2) is 7.51. The molecule has 0 fully saturated rings. The SMILES string of the molecule is FC(F)(F)c1ccc(-c2noc(-c3ncn4c3COC(c3ccccc3Cl)C4)n2)cc1. The summed E-state index contributed by atoms with van der Waals surface area (Å²) in [5.74, 6) is 0.347. The maximum absolute atomic E-state index is 12.8. The van der Waals surface area contributed by atoms with Gasteiger partial charge in [0.25, 0.3) is 5.89 Å². The highest BCUT2D eigenvalue weighted by atomic mass is 35.5. The zero-order chi connectivity index (χ0) is 21.6. The number of hydrogen-bond donors (Lipinski definition) is 0. The van der Waals surface area contributed by atoms with Gasteiger partial charge in [-0.15, -0.1) is 0 Å². The van der Waals surface area contributed by atoms with E-state index < -0.39 is 11.7 Å². The zero-order valence-electron chi connectivity index (χ0n) is 15.8. The molecular weight excluding hydrogens is 433 g/mol. The molecule has 2 aromatic carbocycles. The second-order valence-corrected chi connectivity index (χ2v) is 7.42. The van der Waals surface area contributed by atoms with Crippen LogP contribution in [-0.2, 0) is 24.1 Å². The highest BCUT2D eigenvalue weighted by Crippen LogP contribution is 2.35. The van der Waals surface area contributed by atoms with Crippen molar-refractivity contribution in [3.63, 3.8) is 0 Å². The number of nitrogens with zero attached hydrogens (tertiary/aromatic N) is 4. The lowest BCUT2D eigenvalue weighted by Crippen LogP contribution is -2.20. The van der Waals surface area contributed by atoms with Crippen molar-refractivity contribution in [2.24, 2.45) is 0 Å². The highest BCUT2D eigenvalue weighted by Gasteiger charge is 2.30. The first-order valence-electron chi connectivity index (χ1n) is 9.32. The third kappa shape index (κ3) is 3.70. The summed E-state index contributed by atoms with van der Waals surface area (Å²) in [6, 6.07) is 12.1. The highest BCUT2D eigenvalue weighted by molar-refractivity contribution is 6.31. The van der Waals surface area contributed by atoms with Gasteiger partial charge in [-0.3, -0.25) is 0 Å². The molecule has 6 nitrogen and oxygen atoms in total. The van der Waals surface area contributed by atoms with Crippen molar-refractivity contribution in [1.29, 1.82) is 0 Å². The monoisotopic (exact) mass is 446 g/mol. The average molecular weight is 447 g/mol. The van der Waals surface area contributed by atoms with Gasteiger partial charge in [-0.05, 0) is 18.2 Å². The van der Waals surface area contributed by atoms with Crippen molar-refractivity contribution in [3.05, 3.63) is 76.7 Å². The van der Waals surface area contributed by atoms with Crippen LogP contribution >= 0.6 is 11.6 Å². The zero-order valence-corrected chi connectivity index (χ0v) is 16.6. The lowest BCUT2D eigenvalue weighted by molar-refractivity contribution is -0.137. The Kier molecular flexibility index (Phi) is 4.79. The maximum Gasteiger partial charge on any atom is 0.416 e. The van der Waals surface area contributed by atoms with Gasteiger partial charge in [-0.25, -0.2) is 4.98 Å². The smallest absolute Gasteiger partial charge is 0.365 e. The van der Waals surface area contributed by atoms with Crippen LogP contribution in [0.5, 0.6) is 0 Å². The Balaban J connectivity index is 1.39. The van der Waals surface area contributed by atoms with E-state index in [9.17, 15) is 13.2 Å². The summed E-state index contributed by atoms with van der Waals surface area (Å²) in [5, 5.41) is 4.52. The van der Waals surface area contributed by atoms with Gasteiger partial charge in [0.15, 0.2) is 5.69 Å². The number of fused-ring (bicyclic) bond motifs is 1. The third-order valence-corrected chi connectivity index (χ3v) is 5.43. The summed E-state index contributed by atoms with van der Waals surface area (Å²) in [7, 11) is 0. The fraction of sp³-hybridized carbons (Fsp3) is 0.190. The molecule has 0 spiro atoms. The number of aromatic nitrogens is 4. The minimum absolute atomic E-state index is 0.170. The predicted octanol–water partition coefficient (Wildman–Crippen LogP) is 5.54. The van der Waals surface area contributed by atoms with E-state index in [0.717, 1.165) is 23.4 Å². The van der Waals surface area contributed by atoms with Crippen LogP contribution in [0.25, 0.3) is 23.0 Å². The van der Waals surface area contributed by atoms with E-state index in [0.29, 0.717) is 22.8 Å². The van der Waals surface area contributed by atoms with Crippen LogP contribution in [0.15, 0.2) is 59.4 Å². The van der Waals surface area contributed by atoms with Gasteiger partial charge >= 0.3 is 6.18 Å². The number of hydrogen-bond acceptors (Lipinski definition) is 5. The predicted molar refractivity (Wildman–Crippen MR) is 105 cm³/mol. The summed E-state index contributed by atoms with van der Waals surface area (Å²) in [6.45, 7) is 0.787. The number of ether oxygens (including phenoxy) is 1. The Morgan fingerprint density at radius 2 is 1.84 bits per heavy atom. The average Bonchev–Trinajstić information content (AvgIpc) is 3.40. The van der Waals surface area contributed by atoms with E-state index in [-0.39, 0.29) is 24.4 Å². The van der Waals surface area contributed by atoms with E-state index in [1.165, 1.54) is 12.1 Å². The molecular formula is C21H14ClF3N4O2. The fourth-order valence-electron chi connectivity index (χ4n) is 3.48. The Hall–Kier alpha value is -3.17. The van der Waals surface area contributed by atoms with Crippen LogP contribution in [0.2, 0.25) is 5.02 Å². The molecule has 0 radical (unpaired) electrons. The molecule has 0 aliphatic carbocycles. The first kappa shape index (κ1) is 19.8. The topological polar surface area (TPSA) is 66.0 Å². The molecule has 158 valence electrons. The minimum Gasteiger partial charge on any atom is -0.365 e. The number of halogens is 4. The molecule has 5 rings (SSSR count). The van der Waals surface area contributed by atoms with Crippen molar-refractivity contribution >= 4 is 11.6 Å². The summed E-state index contributed by atoms with van der Waals surface area (Å²) >= 11 is 6.28. The van der Waals surface area contributed by atoms with Gasteiger partial charge in [0.1, 0.15) is 6.10 Å². The molecule has 1 unspecified atom stereocenters. The molecule has 0 bridgehead atoms. The standard InChI is InChI=1S/C21H14ClF3N4O2/c22-15-4-2-1-3-14(15)17-9-29-11-26-18(16(29)10-30-17)20-27-19(28-31-20)12-5-7-13(8-6-12)21(23,24)25/h1-8,11,17H,9-10H2. The molecule has 1 atom stereocenters. The first-order chi connectivity index (χ1) is 14.9. The lowest BCUT2D eigenvalue weighted by Gasteiger charge is -2.26. The van der Waals surface area contributed by atoms with E-state index in [4.69, 9.17) is 20.9 Å². The van der Waals surface area contributed by atoms with Crippen molar-refractivity contribution in [2.75, 3.05) is 0 Å². The normalized spacial score (nSPS) is 16.3. The third-order valence-electron chi connectivity index (χ3n) is 5.08. The van der Waals surface area contributed by atoms with E-state index in [2.05, 4.69) is 15.1 Å². The molecule has 0 saturated heterocycles. The molecule has 0 amide bonds. The van der Waals surface area contributed by atoms with Crippen molar-refractivity contribution in [2.45, 2.75) is 25.4 Å². The minimum atomic E-state index is -4.40. The Labute approximate surface area is 179 Å². The van der Waals surface area contributed by atoms with Gasteiger partial charge in [-0.2, -0.15) is 18.2 Å². The van der Waals surface area contributed by atoms with Crippen LogP contribution < -0.4 is 0 Å². The Morgan fingerprint density at radius 1 is 1.06 bits per heavy atom. The van der Waals surface area contributed by atoms with Crippen molar-refractivity contribution in [1.82, 2.24) is 19.7 Å². The number of benzene rings is 2. The lowest BCUT2D eigenvalue weighted by atomic mass is 10.1. The van der Waals surface area contributed by atoms with Crippen LogP contribution in [0.1, 0.15) is 22.9 Å². The van der Waals surface area contributed by atoms with Crippen molar-refractivity contribution in [3.8, 4) is 23.0 Å². The number of rotatable bonds is 3. The molecule has 3 heterocycles. The quantitative estimate of drug-likeness (QED) is 0.413. The first-order valence-corrected chi connectivity index (χ1v) is 9.69. The molecule has 4 aromatic rings. The maximum atomic E-state index is 12.8. The van der Waals surface area contributed by atoms with Gasteiger partial charge in [0.2, 0.25) is 5.82 Å². The summed E-state index contributed by atoms with van der Waals surface area (Å²) in [5.41, 5.74) is 1.81. The number of alkyl halides is 3. The van der Waals surface area contributed by atoms with Crippen LogP contribution in [0.3, 0.4) is 0 Å². The molecule has 1 aliphatic heterocycles. The van der Waals surface area contributed by atoms with Crippen LogP contribution in [-0.4, -0.2) is 19.7 Å². The Morgan fingerprint density at radius 3 is 2.58 bits per heavy atom. The van der Waals surface area contributed by atoms with E-state index in [1.807, 2.05) is 28.8 Å². The summed E-state index contributed by atoms with van der Waals surface area (Å²) in [4.78, 5) is 8.68. The van der Waals surface area contributed by atoms with E-state index in [1.54, 1.807) is 6.33 Å². The van der Waals surface area contributed by atoms with Gasteiger partial charge in [0.05, 0.1) is 30.7 Å². The van der Waals surface area contributed by atoms with Gasteiger partial charge < -0.3 is 13.8 Å². The molecule has 0 N–H and O–H groups in total. The van der Waals surface area contributed by atoms with Crippen LogP contribution in [0.4, 0.5) is 13.2 Å². The largest absolute Gasteiger partial charge is 0.416 e. The fourth-order valence-corrected chi connectivity index (χ4v) is 3.73. The van der Waals surface area contributed by atoms with Crippen LogP contribution in [0, 0.1) is 0 Å². The van der Waals surface area contributed by atoms with Gasteiger partial charge in [-0.1, -0.05) is 47.1 Å². The van der Waals surface area contributed by atoms with Gasteiger partial charge in [0, 0.05) is 16.1 Å². The summed E-state index contributed by atoms with van der Waals surface area (Å²) in [6.07, 6.45) is -2.95. The molecule has 31 heavy (non-hydrogen) atoms. The van der Waals surface area contributed by atoms with Crippen molar-refractivity contribution < 1.29 is 22.4 Å².